The molecule has 1 N–H and O–H groups in total. The van der Waals surface area contributed by atoms with Gasteiger partial charge in [0.25, 0.3) is 0 Å². The Morgan fingerprint density at radius 3 is 2.73 bits per heavy atom. The lowest BCUT2D eigenvalue weighted by molar-refractivity contribution is 0.203. The van der Waals surface area contributed by atoms with Gasteiger partial charge in [-0.2, -0.15) is 0 Å². The lowest BCUT2D eigenvalue weighted by atomic mass is 10.2. The largest absolute Gasteiger partial charge is 0.491 e. The first-order chi connectivity index (χ1) is 7.06. The Labute approximate surface area is 86.9 Å². The molecule has 5 heteroatoms. The molecule has 1 amide bonds. The van der Waals surface area contributed by atoms with Gasteiger partial charge in [-0.15, -0.1) is 0 Å². The van der Waals surface area contributed by atoms with Crippen LogP contribution < -0.4 is 9.64 Å². The number of rotatable bonds is 3. The van der Waals surface area contributed by atoms with Crippen LogP contribution in [-0.2, 0) is 0 Å². The van der Waals surface area contributed by atoms with E-state index < -0.39 is 11.9 Å². The molecular formula is C10H12FNO3. The Balaban J connectivity index is 2.95. The second-order valence-corrected chi connectivity index (χ2v) is 2.89. The van der Waals surface area contributed by atoms with Crippen molar-refractivity contribution >= 4 is 11.8 Å². The molecule has 0 saturated heterocycles. The van der Waals surface area contributed by atoms with E-state index in [2.05, 4.69) is 0 Å². The van der Waals surface area contributed by atoms with Crippen molar-refractivity contribution in [1.29, 1.82) is 0 Å². The van der Waals surface area contributed by atoms with Crippen LogP contribution >= 0.6 is 0 Å². The van der Waals surface area contributed by atoms with Gasteiger partial charge in [0.2, 0.25) is 0 Å². The number of nitrogens with zero attached hydrogens (tertiary/aromatic N) is 1. The van der Waals surface area contributed by atoms with Crippen molar-refractivity contribution in [3.63, 3.8) is 0 Å². The van der Waals surface area contributed by atoms with Gasteiger partial charge in [-0.05, 0) is 19.1 Å². The molecule has 82 valence electrons. The normalized spacial score (nSPS) is 9.80. The molecule has 0 spiro atoms. The van der Waals surface area contributed by atoms with Crippen LogP contribution in [0.1, 0.15) is 6.92 Å². The van der Waals surface area contributed by atoms with Gasteiger partial charge in [0.1, 0.15) is 0 Å². The first-order valence-corrected chi connectivity index (χ1v) is 4.45. The topological polar surface area (TPSA) is 49.8 Å². The number of hydrogen-bond donors (Lipinski definition) is 1. The molecule has 0 bridgehead atoms. The summed E-state index contributed by atoms with van der Waals surface area (Å²) in [5, 5.41) is 8.67. The summed E-state index contributed by atoms with van der Waals surface area (Å²) in [5.74, 6) is -0.442. The van der Waals surface area contributed by atoms with Crippen molar-refractivity contribution in [3.05, 3.63) is 24.0 Å². The molecule has 0 radical (unpaired) electrons. The molecule has 0 aromatic heterocycles. The number of ether oxygens (including phenoxy) is 1. The average Bonchev–Trinajstić information content (AvgIpc) is 2.20. The smallest absolute Gasteiger partial charge is 0.411 e. The standard InChI is InChI=1S/C10H12FNO3/c1-3-15-9-5-4-7(6-8(9)11)12(2)10(13)14/h4-6H,3H2,1-2H3,(H,13,14). The van der Waals surface area contributed by atoms with E-state index in [0.717, 1.165) is 11.0 Å². The molecule has 0 saturated carbocycles. The molecule has 4 nitrogen and oxygen atoms in total. The van der Waals surface area contributed by atoms with E-state index in [0.29, 0.717) is 6.61 Å². The van der Waals surface area contributed by atoms with Crippen LogP contribution in [0.4, 0.5) is 14.9 Å². The fourth-order valence-electron chi connectivity index (χ4n) is 1.08. The highest BCUT2D eigenvalue weighted by molar-refractivity contribution is 5.85. The maximum atomic E-state index is 13.3. The van der Waals surface area contributed by atoms with Gasteiger partial charge in [-0.1, -0.05) is 0 Å². The minimum absolute atomic E-state index is 0.125. The predicted molar refractivity (Wildman–Crippen MR) is 54.0 cm³/mol. The number of benzene rings is 1. The van der Waals surface area contributed by atoms with Gasteiger partial charge in [0.05, 0.1) is 6.61 Å². The highest BCUT2D eigenvalue weighted by Crippen LogP contribution is 2.23. The summed E-state index contributed by atoms with van der Waals surface area (Å²) in [6.45, 7) is 2.11. The van der Waals surface area contributed by atoms with Gasteiger partial charge < -0.3 is 9.84 Å². The van der Waals surface area contributed by atoms with E-state index in [1.807, 2.05) is 0 Å². The third-order valence-corrected chi connectivity index (χ3v) is 1.89. The second-order valence-electron chi connectivity index (χ2n) is 2.89. The second kappa shape index (κ2) is 4.63. The Morgan fingerprint density at radius 1 is 1.60 bits per heavy atom. The first kappa shape index (κ1) is 11.3. The van der Waals surface area contributed by atoms with Crippen LogP contribution in [-0.4, -0.2) is 24.9 Å². The number of halogens is 1. The first-order valence-electron chi connectivity index (χ1n) is 4.45. The van der Waals surface area contributed by atoms with Crippen LogP contribution in [0.25, 0.3) is 0 Å². The number of amides is 1. The summed E-state index contributed by atoms with van der Waals surface area (Å²) < 4.78 is 18.3. The molecule has 1 rings (SSSR count). The monoisotopic (exact) mass is 213 g/mol. The van der Waals surface area contributed by atoms with Crippen molar-refractivity contribution < 1.29 is 19.0 Å². The quantitative estimate of drug-likeness (QED) is 0.838. The van der Waals surface area contributed by atoms with E-state index in [-0.39, 0.29) is 11.4 Å². The lowest BCUT2D eigenvalue weighted by Gasteiger charge is -2.14. The molecule has 1 aromatic carbocycles. The van der Waals surface area contributed by atoms with Crippen molar-refractivity contribution in [2.75, 3.05) is 18.6 Å². The summed E-state index contributed by atoms with van der Waals surface area (Å²) >= 11 is 0. The Bertz CT molecular complexity index is 368. The predicted octanol–water partition coefficient (Wildman–Crippen LogP) is 2.34. The van der Waals surface area contributed by atoms with Crippen LogP contribution in [0, 0.1) is 5.82 Å². The molecule has 0 atom stereocenters. The van der Waals surface area contributed by atoms with Crippen molar-refractivity contribution in [2.24, 2.45) is 0 Å². The third kappa shape index (κ3) is 2.59. The van der Waals surface area contributed by atoms with Crippen molar-refractivity contribution in [1.82, 2.24) is 0 Å². The summed E-state index contributed by atoms with van der Waals surface area (Å²) in [4.78, 5) is 11.5. The van der Waals surface area contributed by atoms with E-state index in [9.17, 15) is 9.18 Å². The molecule has 15 heavy (non-hydrogen) atoms. The Kier molecular flexibility index (Phi) is 3.49. The maximum absolute atomic E-state index is 13.3. The SMILES string of the molecule is CCOc1ccc(N(C)C(=O)O)cc1F. The Morgan fingerprint density at radius 2 is 2.27 bits per heavy atom. The average molecular weight is 213 g/mol. The molecule has 0 fully saturated rings. The minimum atomic E-state index is -1.14. The third-order valence-electron chi connectivity index (χ3n) is 1.89. The molecular weight excluding hydrogens is 201 g/mol. The van der Waals surface area contributed by atoms with Crippen LogP contribution in [0.5, 0.6) is 5.75 Å². The number of hydrogen-bond acceptors (Lipinski definition) is 2. The summed E-state index contributed by atoms with van der Waals surface area (Å²) in [6, 6.07) is 4.02. The summed E-state index contributed by atoms with van der Waals surface area (Å²) in [6.07, 6.45) is -1.14. The molecule has 0 unspecified atom stereocenters. The summed E-state index contributed by atoms with van der Waals surface area (Å²) in [7, 11) is 1.34. The number of anilines is 1. The zero-order valence-electron chi connectivity index (χ0n) is 8.53. The summed E-state index contributed by atoms with van der Waals surface area (Å²) in [5.41, 5.74) is 0.267. The van der Waals surface area contributed by atoms with Gasteiger partial charge in [-0.25, -0.2) is 9.18 Å². The van der Waals surface area contributed by atoms with Gasteiger partial charge in [0, 0.05) is 18.8 Å². The zero-order chi connectivity index (χ0) is 11.4. The van der Waals surface area contributed by atoms with Gasteiger partial charge in [0.15, 0.2) is 11.6 Å². The van der Waals surface area contributed by atoms with E-state index in [1.165, 1.54) is 19.2 Å². The molecule has 0 aliphatic heterocycles. The Hall–Kier alpha value is -1.78. The molecule has 0 aliphatic carbocycles. The fourth-order valence-corrected chi connectivity index (χ4v) is 1.08. The van der Waals surface area contributed by atoms with Crippen molar-refractivity contribution in [2.45, 2.75) is 6.92 Å². The van der Waals surface area contributed by atoms with E-state index >= 15 is 0 Å². The molecule has 0 aliphatic rings. The maximum Gasteiger partial charge on any atom is 0.411 e. The van der Waals surface area contributed by atoms with Crippen LogP contribution in [0.3, 0.4) is 0 Å². The van der Waals surface area contributed by atoms with Crippen LogP contribution in [0.2, 0.25) is 0 Å². The van der Waals surface area contributed by atoms with Gasteiger partial charge in [-0.3, -0.25) is 4.90 Å². The highest BCUT2D eigenvalue weighted by Gasteiger charge is 2.11. The fraction of sp³-hybridized carbons (Fsp3) is 0.300. The van der Waals surface area contributed by atoms with Crippen molar-refractivity contribution in [3.8, 4) is 5.75 Å². The lowest BCUT2D eigenvalue weighted by Crippen LogP contribution is -2.23. The minimum Gasteiger partial charge on any atom is -0.491 e. The van der Waals surface area contributed by atoms with Gasteiger partial charge >= 0.3 is 6.09 Å². The zero-order valence-corrected chi connectivity index (χ0v) is 8.53. The highest BCUT2D eigenvalue weighted by atomic mass is 19.1. The molecule has 1 aromatic rings. The van der Waals surface area contributed by atoms with E-state index in [1.54, 1.807) is 6.92 Å². The molecule has 0 heterocycles. The van der Waals surface area contributed by atoms with Crippen LogP contribution in [0.15, 0.2) is 18.2 Å². The van der Waals surface area contributed by atoms with E-state index in [4.69, 9.17) is 9.84 Å². The number of carboxylic acid groups (broad SMARTS) is 1. The number of carbonyl (C=O) groups is 1.